The largest absolute Gasteiger partial charge is 0.409 e. The van der Waals surface area contributed by atoms with Crippen molar-refractivity contribution in [3.8, 4) is 0 Å². The van der Waals surface area contributed by atoms with E-state index in [1.54, 1.807) is 4.90 Å². The molecule has 0 bridgehead atoms. The molecular formula is C13H23N3O3. The number of morpholine rings is 1. The number of nitrogens with zero attached hydrogens (tertiary/aromatic N) is 2. The van der Waals surface area contributed by atoms with E-state index in [4.69, 9.17) is 15.7 Å². The van der Waals surface area contributed by atoms with Gasteiger partial charge in [0.25, 0.3) is 0 Å². The predicted molar refractivity (Wildman–Crippen MR) is 70.8 cm³/mol. The van der Waals surface area contributed by atoms with E-state index in [0.717, 1.165) is 0 Å². The number of carbonyl (C=O) groups excluding carboxylic acids is 1. The van der Waals surface area contributed by atoms with Crippen LogP contribution in [-0.4, -0.2) is 47.7 Å². The van der Waals surface area contributed by atoms with Crippen molar-refractivity contribution in [2.75, 3.05) is 19.7 Å². The zero-order chi connectivity index (χ0) is 14.4. The van der Waals surface area contributed by atoms with Crippen LogP contribution in [0.5, 0.6) is 0 Å². The number of nitrogens with two attached hydrogens (primary N) is 1. The molecule has 19 heavy (non-hydrogen) atoms. The van der Waals surface area contributed by atoms with E-state index in [0.29, 0.717) is 19.7 Å². The summed E-state index contributed by atoms with van der Waals surface area (Å²) in [6.45, 7) is 9.83. The second kappa shape index (κ2) is 4.37. The number of carbonyl (C=O) groups is 1. The monoisotopic (exact) mass is 269 g/mol. The molecule has 0 spiro atoms. The van der Waals surface area contributed by atoms with E-state index in [1.807, 2.05) is 0 Å². The maximum Gasteiger partial charge on any atom is 0.226 e. The zero-order valence-electron chi connectivity index (χ0n) is 12.0. The van der Waals surface area contributed by atoms with E-state index < -0.39 is 6.10 Å². The minimum atomic E-state index is -0.507. The van der Waals surface area contributed by atoms with Crippen LogP contribution in [0.4, 0.5) is 0 Å². The number of rotatable bonds is 2. The van der Waals surface area contributed by atoms with Gasteiger partial charge in [-0.25, -0.2) is 0 Å². The van der Waals surface area contributed by atoms with Gasteiger partial charge in [-0.1, -0.05) is 32.9 Å². The molecule has 1 saturated heterocycles. The molecule has 6 nitrogen and oxygen atoms in total. The van der Waals surface area contributed by atoms with Gasteiger partial charge in [-0.2, -0.15) is 0 Å². The quantitative estimate of drug-likeness (QED) is 0.333. The third-order valence-electron chi connectivity index (χ3n) is 5.09. The lowest BCUT2D eigenvalue weighted by Crippen LogP contribution is -2.51. The number of hydrogen-bond donors (Lipinski definition) is 2. The Hall–Kier alpha value is -1.30. The van der Waals surface area contributed by atoms with Crippen LogP contribution in [0.15, 0.2) is 5.16 Å². The van der Waals surface area contributed by atoms with Gasteiger partial charge in [-0.15, -0.1) is 0 Å². The minimum Gasteiger partial charge on any atom is -0.409 e. The first-order valence-electron chi connectivity index (χ1n) is 6.61. The molecule has 1 saturated carbocycles. The number of amides is 1. The fourth-order valence-corrected chi connectivity index (χ4v) is 3.09. The van der Waals surface area contributed by atoms with Crippen molar-refractivity contribution in [2.45, 2.75) is 33.8 Å². The van der Waals surface area contributed by atoms with Gasteiger partial charge in [0.15, 0.2) is 5.84 Å². The molecule has 0 aromatic heterocycles. The van der Waals surface area contributed by atoms with Gasteiger partial charge < -0.3 is 20.6 Å². The third kappa shape index (κ3) is 2.08. The maximum atomic E-state index is 12.6. The van der Waals surface area contributed by atoms with Gasteiger partial charge in [0.2, 0.25) is 5.91 Å². The van der Waals surface area contributed by atoms with E-state index in [9.17, 15) is 4.79 Å². The molecule has 1 amide bonds. The standard InChI is InChI=1S/C13H23N3O3/c1-12(2)9(13(12,3)4)11(17)16-5-6-19-8(7-16)10(14)15-18/h8-9,18H,5-7H2,1-4H3,(H2,14,15). The molecule has 1 unspecified atom stereocenters. The van der Waals surface area contributed by atoms with Crippen LogP contribution in [0.1, 0.15) is 27.7 Å². The molecule has 3 N–H and O–H groups in total. The molecular weight excluding hydrogens is 246 g/mol. The van der Waals surface area contributed by atoms with Gasteiger partial charge in [-0.3, -0.25) is 4.79 Å². The SMILES string of the molecule is CC1(C)C(C(=O)N2CCOC(C(N)=NO)C2)C1(C)C. The van der Waals surface area contributed by atoms with Gasteiger partial charge in [-0.05, 0) is 10.8 Å². The van der Waals surface area contributed by atoms with E-state index in [-0.39, 0.29) is 28.5 Å². The molecule has 2 aliphatic rings. The normalized spacial score (nSPS) is 30.2. The summed E-state index contributed by atoms with van der Waals surface area (Å²) < 4.78 is 5.41. The molecule has 1 aliphatic carbocycles. The van der Waals surface area contributed by atoms with Gasteiger partial charge in [0, 0.05) is 12.5 Å². The van der Waals surface area contributed by atoms with Gasteiger partial charge >= 0.3 is 0 Å². The predicted octanol–water partition coefficient (Wildman–Crippen LogP) is 0.642. The lowest BCUT2D eigenvalue weighted by Gasteiger charge is -2.32. The maximum absolute atomic E-state index is 12.6. The first-order chi connectivity index (χ1) is 8.73. The van der Waals surface area contributed by atoms with Crippen molar-refractivity contribution in [2.24, 2.45) is 27.6 Å². The Balaban J connectivity index is 2.05. The van der Waals surface area contributed by atoms with E-state index in [2.05, 4.69) is 32.9 Å². The van der Waals surface area contributed by atoms with Gasteiger partial charge in [0.05, 0.1) is 13.2 Å². The van der Waals surface area contributed by atoms with Crippen LogP contribution >= 0.6 is 0 Å². The van der Waals surface area contributed by atoms with Crippen LogP contribution in [0.3, 0.4) is 0 Å². The molecule has 0 radical (unpaired) electrons. The lowest BCUT2D eigenvalue weighted by atomic mass is 10.0. The topological polar surface area (TPSA) is 88.2 Å². The average molecular weight is 269 g/mol. The van der Waals surface area contributed by atoms with Crippen LogP contribution in [0.2, 0.25) is 0 Å². The number of ether oxygens (including phenoxy) is 1. The summed E-state index contributed by atoms with van der Waals surface area (Å²) in [5.74, 6) is 0.201. The summed E-state index contributed by atoms with van der Waals surface area (Å²) in [7, 11) is 0. The molecule has 1 aliphatic heterocycles. The average Bonchev–Trinajstić information content (AvgIpc) is 2.78. The highest BCUT2D eigenvalue weighted by Crippen LogP contribution is 2.68. The Morgan fingerprint density at radius 2 is 1.95 bits per heavy atom. The fourth-order valence-electron chi connectivity index (χ4n) is 3.09. The highest BCUT2D eigenvalue weighted by molar-refractivity contribution is 5.87. The van der Waals surface area contributed by atoms with Gasteiger partial charge in [0.1, 0.15) is 6.10 Å². The Kier molecular flexibility index (Phi) is 3.24. The first kappa shape index (κ1) is 14.1. The van der Waals surface area contributed by atoms with Crippen molar-refractivity contribution in [3.63, 3.8) is 0 Å². The van der Waals surface area contributed by atoms with Crippen LogP contribution in [0, 0.1) is 16.7 Å². The van der Waals surface area contributed by atoms with Crippen molar-refractivity contribution < 1.29 is 14.7 Å². The summed E-state index contributed by atoms with van der Waals surface area (Å²) in [5, 5.41) is 11.6. The Labute approximate surface area is 113 Å². The van der Waals surface area contributed by atoms with Crippen molar-refractivity contribution in [3.05, 3.63) is 0 Å². The van der Waals surface area contributed by atoms with Crippen molar-refractivity contribution in [1.82, 2.24) is 4.90 Å². The molecule has 108 valence electrons. The summed E-state index contributed by atoms with van der Waals surface area (Å²) in [5.41, 5.74) is 5.59. The molecule has 1 atom stereocenters. The van der Waals surface area contributed by atoms with Crippen LogP contribution in [-0.2, 0) is 9.53 Å². The fraction of sp³-hybridized carbons (Fsp3) is 0.846. The van der Waals surface area contributed by atoms with E-state index >= 15 is 0 Å². The second-order valence-corrected chi connectivity index (χ2v) is 6.54. The Morgan fingerprint density at radius 3 is 2.42 bits per heavy atom. The molecule has 2 fully saturated rings. The Morgan fingerprint density at radius 1 is 1.37 bits per heavy atom. The van der Waals surface area contributed by atoms with Crippen LogP contribution < -0.4 is 5.73 Å². The number of oxime groups is 1. The van der Waals surface area contributed by atoms with Crippen LogP contribution in [0.25, 0.3) is 0 Å². The second-order valence-electron chi connectivity index (χ2n) is 6.54. The molecule has 6 heteroatoms. The summed E-state index contributed by atoms with van der Waals surface area (Å²) in [6, 6.07) is 0. The molecule has 2 rings (SSSR count). The first-order valence-corrected chi connectivity index (χ1v) is 6.61. The smallest absolute Gasteiger partial charge is 0.226 e. The molecule has 0 aromatic rings. The Bertz CT molecular complexity index is 403. The van der Waals surface area contributed by atoms with E-state index in [1.165, 1.54) is 0 Å². The summed E-state index contributed by atoms with van der Waals surface area (Å²) in [4.78, 5) is 14.3. The minimum absolute atomic E-state index is 0.0202. The lowest BCUT2D eigenvalue weighted by molar-refractivity contribution is -0.139. The molecule has 0 aromatic carbocycles. The summed E-state index contributed by atoms with van der Waals surface area (Å²) in [6.07, 6.45) is -0.507. The third-order valence-corrected chi connectivity index (χ3v) is 5.09. The highest BCUT2D eigenvalue weighted by Gasteiger charge is 2.68. The number of hydrogen-bond acceptors (Lipinski definition) is 4. The van der Waals surface area contributed by atoms with Crippen molar-refractivity contribution in [1.29, 1.82) is 0 Å². The zero-order valence-corrected chi connectivity index (χ0v) is 12.0. The molecule has 1 heterocycles. The summed E-state index contributed by atoms with van der Waals surface area (Å²) >= 11 is 0. The highest BCUT2D eigenvalue weighted by atomic mass is 16.5. The van der Waals surface area contributed by atoms with Crippen molar-refractivity contribution >= 4 is 11.7 Å². The number of amidine groups is 1.